The van der Waals surface area contributed by atoms with Crippen LogP contribution in [0.25, 0.3) is 11.4 Å². The predicted molar refractivity (Wildman–Crippen MR) is 53.7 cm³/mol. The molecule has 2 aromatic rings. The fourth-order valence-corrected chi connectivity index (χ4v) is 1.40. The molecular weight excluding hydrogens is 176 g/mol. The van der Waals surface area contributed by atoms with E-state index in [-0.39, 0.29) is 0 Å². The van der Waals surface area contributed by atoms with Gasteiger partial charge in [0.2, 0.25) is 0 Å². The van der Waals surface area contributed by atoms with Crippen molar-refractivity contribution in [2.45, 2.75) is 13.8 Å². The Hall–Kier alpha value is -1.71. The molecule has 0 fully saturated rings. The second kappa shape index (κ2) is 3.21. The first-order chi connectivity index (χ1) is 6.66. The van der Waals surface area contributed by atoms with Gasteiger partial charge in [-0.25, -0.2) is 9.97 Å². The third-order valence-corrected chi connectivity index (χ3v) is 2.05. The van der Waals surface area contributed by atoms with Crippen molar-refractivity contribution in [3.8, 4) is 11.4 Å². The normalized spacial score (nSPS) is 10.5. The van der Waals surface area contributed by atoms with Gasteiger partial charge in [0.15, 0.2) is 5.82 Å². The van der Waals surface area contributed by atoms with Crippen molar-refractivity contribution >= 4 is 0 Å². The zero-order chi connectivity index (χ0) is 10.1. The molecule has 0 amide bonds. The van der Waals surface area contributed by atoms with Crippen LogP contribution in [0.15, 0.2) is 18.5 Å². The van der Waals surface area contributed by atoms with Crippen LogP contribution in [-0.2, 0) is 7.05 Å². The van der Waals surface area contributed by atoms with Crippen LogP contribution in [0.4, 0.5) is 0 Å². The maximum Gasteiger partial charge on any atom is 0.162 e. The van der Waals surface area contributed by atoms with E-state index in [2.05, 4.69) is 15.1 Å². The summed E-state index contributed by atoms with van der Waals surface area (Å²) < 4.78 is 1.77. The topological polar surface area (TPSA) is 43.6 Å². The minimum absolute atomic E-state index is 0.746. The molecule has 0 saturated heterocycles. The Balaban J connectivity index is 2.54. The Labute approximate surface area is 82.6 Å². The van der Waals surface area contributed by atoms with Crippen molar-refractivity contribution in [3.05, 3.63) is 29.8 Å². The van der Waals surface area contributed by atoms with Crippen molar-refractivity contribution in [2.75, 3.05) is 0 Å². The maximum absolute atomic E-state index is 4.35. The molecule has 0 bridgehead atoms. The Kier molecular flexibility index (Phi) is 2.04. The molecular formula is C10H12N4. The average molecular weight is 188 g/mol. The molecule has 0 spiro atoms. The molecule has 0 aromatic carbocycles. The molecule has 2 rings (SSSR count). The van der Waals surface area contributed by atoms with E-state index in [4.69, 9.17) is 0 Å². The van der Waals surface area contributed by atoms with Gasteiger partial charge in [0.05, 0.1) is 11.3 Å². The first-order valence-corrected chi connectivity index (χ1v) is 4.47. The summed E-state index contributed by atoms with van der Waals surface area (Å²) in [5, 5.41) is 4.25. The van der Waals surface area contributed by atoms with Gasteiger partial charge in [-0.15, -0.1) is 0 Å². The number of rotatable bonds is 1. The van der Waals surface area contributed by atoms with E-state index in [1.54, 1.807) is 10.9 Å². The Bertz CT molecular complexity index is 459. The third kappa shape index (κ3) is 1.51. The van der Waals surface area contributed by atoms with Crippen LogP contribution in [0.2, 0.25) is 0 Å². The Morgan fingerprint density at radius 2 is 2.07 bits per heavy atom. The molecule has 0 N–H and O–H groups in total. The van der Waals surface area contributed by atoms with Crippen LogP contribution in [-0.4, -0.2) is 19.7 Å². The average Bonchev–Trinajstić information content (AvgIpc) is 2.45. The van der Waals surface area contributed by atoms with Gasteiger partial charge in [-0.2, -0.15) is 5.10 Å². The first-order valence-electron chi connectivity index (χ1n) is 4.47. The second-order valence-electron chi connectivity index (χ2n) is 3.32. The summed E-state index contributed by atoms with van der Waals surface area (Å²) in [6.45, 7) is 3.91. The molecule has 14 heavy (non-hydrogen) atoms. The van der Waals surface area contributed by atoms with Gasteiger partial charge >= 0.3 is 0 Å². The number of hydrogen-bond donors (Lipinski definition) is 0. The van der Waals surface area contributed by atoms with Crippen molar-refractivity contribution in [1.29, 1.82) is 0 Å². The van der Waals surface area contributed by atoms with Gasteiger partial charge in [-0.1, -0.05) is 0 Å². The number of aryl methyl sites for hydroxylation is 3. The van der Waals surface area contributed by atoms with Crippen LogP contribution in [0.3, 0.4) is 0 Å². The maximum atomic E-state index is 4.35. The second-order valence-corrected chi connectivity index (χ2v) is 3.32. The van der Waals surface area contributed by atoms with Gasteiger partial charge < -0.3 is 0 Å². The summed E-state index contributed by atoms with van der Waals surface area (Å²) in [4.78, 5) is 8.57. The summed E-state index contributed by atoms with van der Waals surface area (Å²) in [5.74, 6) is 0.746. The molecule has 0 aliphatic rings. The van der Waals surface area contributed by atoms with E-state index < -0.39 is 0 Å². The lowest BCUT2D eigenvalue weighted by molar-refractivity contribution is 0.756. The van der Waals surface area contributed by atoms with Gasteiger partial charge in [0.25, 0.3) is 0 Å². The fraction of sp³-hybridized carbons (Fsp3) is 0.300. The number of aromatic nitrogens is 4. The molecule has 0 radical (unpaired) electrons. The van der Waals surface area contributed by atoms with Crippen molar-refractivity contribution in [2.24, 2.45) is 7.05 Å². The fourth-order valence-electron chi connectivity index (χ4n) is 1.40. The van der Waals surface area contributed by atoms with Gasteiger partial charge in [0, 0.05) is 25.1 Å². The minimum atomic E-state index is 0.746. The van der Waals surface area contributed by atoms with Gasteiger partial charge in [0.1, 0.15) is 0 Å². The molecule has 2 aromatic heterocycles. The standard InChI is InChI=1S/C10H12N4/c1-7-4-5-11-10(12-7)9-6-14(3)13-8(9)2/h4-6H,1-3H3. The van der Waals surface area contributed by atoms with E-state index in [1.165, 1.54) is 0 Å². The lowest BCUT2D eigenvalue weighted by Gasteiger charge is -1.97. The smallest absolute Gasteiger partial charge is 0.162 e. The van der Waals surface area contributed by atoms with Crippen LogP contribution < -0.4 is 0 Å². The van der Waals surface area contributed by atoms with Crippen molar-refractivity contribution < 1.29 is 0 Å². The van der Waals surface area contributed by atoms with Gasteiger partial charge in [-0.3, -0.25) is 4.68 Å². The lowest BCUT2D eigenvalue weighted by Crippen LogP contribution is -1.90. The highest BCUT2D eigenvalue weighted by molar-refractivity contribution is 5.56. The van der Waals surface area contributed by atoms with Gasteiger partial charge in [-0.05, 0) is 19.9 Å². The molecule has 0 atom stereocenters. The Morgan fingerprint density at radius 3 is 2.64 bits per heavy atom. The number of hydrogen-bond acceptors (Lipinski definition) is 3. The molecule has 0 aliphatic heterocycles. The highest BCUT2D eigenvalue weighted by atomic mass is 15.3. The highest BCUT2D eigenvalue weighted by Gasteiger charge is 2.07. The molecule has 4 nitrogen and oxygen atoms in total. The summed E-state index contributed by atoms with van der Waals surface area (Å²) >= 11 is 0. The minimum Gasteiger partial charge on any atom is -0.275 e. The SMILES string of the molecule is Cc1ccnc(-c2cn(C)nc2C)n1. The van der Waals surface area contributed by atoms with Crippen LogP contribution in [0, 0.1) is 13.8 Å². The largest absolute Gasteiger partial charge is 0.275 e. The van der Waals surface area contributed by atoms with Crippen LogP contribution in [0.1, 0.15) is 11.4 Å². The summed E-state index contributed by atoms with van der Waals surface area (Å²) in [6.07, 6.45) is 3.70. The lowest BCUT2D eigenvalue weighted by atomic mass is 10.2. The molecule has 0 unspecified atom stereocenters. The van der Waals surface area contributed by atoms with E-state index >= 15 is 0 Å². The number of nitrogens with zero attached hydrogens (tertiary/aromatic N) is 4. The molecule has 0 saturated carbocycles. The molecule has 0 aliphatic carbocycles. The Morgan fingerprint density at radius 1 is 1.29 bits per heavy atom. The summed E-state index contributed by atoms with van der Waals surface area (Å²) in [6, 6.07) is 1.88. The zero-order valence-corrected chi connectivity index (χ0v) is 8.52. The molecule has 4 heteroatoms. The third-order valence-electron chi connectivity index (χ3n) is 2.05. The van der Waals surface area contributed by atoms with Crippen molar-refractivity contribution in [1.82, 2.24) is 19.7 Å². The van der Waals surface area contributed by atoms with Crippen LogP contribution >= 0.6 is 0 Å². The first kappa shape index (κ1) is 8.87. The molecule has 2 heterocycles. The predicted octanol–water partition coefficient (Wildman–Crippen LogP) is 1.49. The monoisotopic (exact) mass is 188 g/mol. The van der Waals surface area contributed by atoms with E-state index in [9.17, 15) is 0 Å². The van der Waals surface area contributed by atoms with Crippen LogP contribution in [0.5, 0.6) is 0 Å². The summed E-state index contributed by atoms with van der Waals surface area (Å²) in [5.41, 5.74) is 2.92. The zero-order valence-electron chi connectivity index (χ0n) is 8.52. The highest BCUT2D eigenvalue weighted by Crippen LogP contribution is 2.17. The van der Waals surface area contributed by atoms with Crippen molar-refractivity contribution in [3.63, 3.8) is 0 Å². The quantitative estimate of drug-likeness (QED) is 0.681. The van der Waals surface area contributed by atoms with E-state index in [0.717, 1.165) is 22.8 Å². The van der Waals surface area contributed by atoms with E-state index in [0.29, 0.717) is 0 Å². The summed E-state index contributed by atoms with van der Waals surface area (Å²) in [7, 11) is 1.90. The van der Waals surface area contributed by atoms with E-state index in [1.807, 2.05) is 33.2 Å². The molecule has 72 valence electrons.